The summed E-state index contributed by atoms with van der Waals surface area (Å²) in [7, 11) is 1.79. The van der Waals surface area contributed by atoms with E-state index in [0.29, 0.717) is 11.6 Å². The van der Waals surface area contributed by atoms with Crippen LogP contribution in [0.3, 0.4) is 0 Å². The molecule has 0 amide bonds. The molecular formula is C10H16N2O2. The molecule has 0 aliphatic rings. The van der Waals surface area contributed by atoms with E-state index in [1.165, 1.54) is 0 Å². The van der Waals surface area contributed by atoms with E-state index in [1.54, 1.807) is 11.9 Å². The van der Waals surface area contributed by atoms with Crippen LogP contribution in [0, 0.1) is 5.92 Å². The van der Waals surface area contributed by atoms with Crippen molar-refractivity contribution in [1.29, 1.82) is 0 Å². The summed E-state index contributed by atoms with van der Waals surface area (Å²) in [6, 6.07) is 0. The van der Waals surface area contributed by atoms with Crippen LogP contribution < -0.4 is 21.5 Å². The van der Waals surface area contributed by atoms with Crippen molar-refractivity contribution in [2.45, 2.75) is 20.3 Å². The van der Waals surface area contributed by atoms with E-state index in [-0.39, 0.29) is 5.69 Å². The van der Waals surface area contributed by atoms with Crippen LogP contribution in [0.4, 0.5) is 11.4 Å². The monoisotopic (exact) mass is 196 g/mol. The second-order valence-corrected chi connectivity index (χ2v) is 4.02. The van der Waals surface area contributed by atoms with E-state index in [4.69, 9.17) is 5.73 Å². The molecule has 0 spiro atoms. The molecule has 1 aromatic rings. The minimum Gasteiger partial charge on any atom is -0.394 e. The van der Waals surface area contributed by atoms with E-state index in [2.05, 4.69) is 13.8 Å². The number of hydrogen-bond acceptors (Lipinski definition) is 4. The maximum Gasteiger partial charge on any atom is 0.253 e. The molecule has 4 nitrogen and oxygen atoms in total. The Kier molecular flexibility index (Phi) is 2.93. The summed E-state index contributed by atoms with van der Waals surface area (Å²) in [6.07, 6.45) is 0.981. The number of hydrogen-bond donors (Lipinski definition) is 1. The normalized spacial score (nSPS) is 11.1. The van der Waals surface area contributed by atoms with Crippen LogP contribution in [0.1, 0.15) is 20.3 Å². The summed E-state index contributed by atoms with van der Waals surface area (Å²) in [6.45, 7) is 4.98. The number of rotatable bonds is 4. The van der Waals surface area contributed by atoms with Crippen molar-refractivity contribution in [2.75, 3.05) is 24.2 Å². The van der Waals surface area contributed by atoms with Crippen LogP contribution in [0.5, 0.6) is 0 Å². The minimum atomic E-state index is -0.545. The highest BCUT2D eigenvalue weighted by Gasteiger charge is 2.20. The van der Waals surface area contributed by atoms with Crippen molar-refractivity contribution < 1.29 is 0 Å². The number of nitrogens with two attached hydrogens (primary N) is 1. The van der Waals surface area contributed by atoms with Crippen molar-refractivity contribution >= 4 is 11.4 Å². The molecule has 0 aliphatic carbocycles. The van der Waals surface area contributed by atoms with Gasteiger partial charge in [-0.1, -0.05) is 13.8 Å². The van der Waals surface area contributed by atoms with E-state index in [9.17, 15) is 9.59 Å². The molecule has 14 heavy (non-hydrogen) atoms. The van der Waals surface area contributed by atoms with Gasteiger partial charge in [0.15, 0.2) is 0 Å². The van der Waals surface area contributed by atoms with Crippen molar-refractivity contribution in [3.05, 3.63) is 20.4 Å². The SMILES string of the molecule is CC(C)CCN(C)c1c(N)c(=O)c1=O. The second kappa shape index (κ2) is 3.82. The molecule has 0 saturated heterocycles. The fraction of sp³-hybridized carbons (Fsp3) is 0.600. The Morgan fingerprint density at radius 2 is 1.86 bits per heavy atom. The lowest BCUT2D eigenvalue weighted by atomic mass is 10.1. The fourth-order valence-corrected chi connectivity index (χ4v) is 1.34. The van der Waals surface area contributed by atoms with Crippen LogP contribution in [0.2, 0.25) is 0 Å². The first-order chi connectivity index (χ1) is 6.45. The number of nitrogen functional groups attached to an aromatic ring is 1. The Balaban J connectivity index is 2.68. The molecule has 0 fully saturated rings. The Hall–Kier alpha value is -1.32. The first kappa shape index (κ1) is 10.8. The van der Waals surface area contributed by atoms with Gasteiger partial charge in [0, 0.05) is 13.6 Å². The molecule has 0 heterocycles. The molecule has 2 N–H and O–H groups in total. The van der Waals surface area contributed by atoms with Crippen molar-refractivity contribution in [1.82, 2.24) is 0 Å². The van der Waals surface area contributed by atoms with E-state index >= 15 is 0 Å². The van der Waals surface area contributed by atoms with Gasteiger partial charge in [-0.25, -0.2) is 0 Å². The average Bonchev–Trinajstić information content (AvgIpc) is 2.14. The van der Waals surface area contributed by atoms with Gasteiger partial charge in [-0.05, 0) is 12.3 Å². The lowest BCUT2D eigenvalue weighted by molar-refractivity contribution is 0.584. The molecule has 0 atom stereocenters. The molecule has 1 rings (SSSR count). The van der Waals surface area contributed by atoms with Gasteiger partial charge in [0.2, 0.25) is 0 Å². The van der Waals surface area contributed by atoms with E-state index < -0.39 is 10.9 Å². The summed E-state index contributed by atoms with van der Waals surface area (Å²) in [4.78, 5) is 23.7. The third-order valence-corrected chi connectivity index (χ3v) is 2.34. The van der Waals surface area contributed by atoms with Crippen LogP contribution >= 0.6 is 0 Å². The van der Waals surface area contributed by atoms with Gasteiger partial charge in [-0.15, -0.1) is 0 Å². The van der Waals surface area contributed by atoms with Crippen molar-refractivity contribution in [3.63, 3.8) is 0 Å². The molecule has 0 radical (unpaired) electrons. The van der Waals surface area contributed by atoms with Gasteiger partial charge >= 0.3 is 0 Å². The quantitative estimate of drug-likeness (QED) is 0.706. The maximum absolute atomic E-state index is 11.1. The third-order valence-electron chi connectivity index (χ3n) is 2.34. The molecule has 4 heteroatoms. The Labute approximate surface area is 83.0 Å². The summed E-state index contributed by atoms with van der Waals surface area (Å²) < 4.78 is 0. The molecule has 78 valence electrons. The van der Waals surface area contributed by atoms with Gasteiger partial charge in [0.25, 0.3) is 10.9 Å². The zero-order valence-corrected chi connectivity index (χ0v) is 8.83. The molecule has 0 bridgehead atoms. The molecular weight excluding hydrogens is 180 g/mol. The smallest absolute Gasteiger partial charge is 0.253 e. The topological polar surface area (TPSA) is 63.4 Å². The van der Waals surface area contributed by atoms with Gasteiger partial charge in [-0.2, -0.15) is 0 Å². The molecule has 0 saturated carbocycles. The first-order valence-electron chi connectivity index (χ1n) is 4.75. The standard InChI is InChI=1S/C10H16N2O2/c1-6(2)4-5-12(3)8-7(11)9(13)10(8)14/h6H,4-5,11H2,1-3H3. The molecule has 0 unspecified atom stereocenters. The van der Waals surface area contributed by atoms with Crippen molar-refractivity contribution in [3.8, 4) is 0 Å². The average molecular weight is 196 g/mol. The van der Waals surface area contributed by atoms with E-state index in [0.717, 1.165) is 13.0 Å². The summed E-state index contributed by atoms with van der Waals surface area (Å²) in [5.41, 5.74) is 4.93. The highest BCUT2D eigenvalue weighted by atomic mass is 16.2. The van der Waals surface area contributed by atoms with Gasteiger partial charge < -0.3 is 10.6 Å². The lowest BCUT2D eigenvalue weighted by Gasteiger charge is -2.22. The Morgan fingerprint density at radius 3 is 2.29 bits per heavy atom. The minimum absolute atomic E-state index is 0.112. The molecule has 1 aromatic carbocycles. The van der Waals surface area contributed by atoms with Crippen LogP contribution in [0.15, 0.2) is 9.59 Å². The second-order valence-electron chi connectivity index (χ2n) is 4.02. The largest absolute Gasteiger partial charge is 0.394 e. The molecule has 0 aliphatic heterocycles. The number of anilines is 2. The number of nitrogens with zero attached hydrogens (tertiary/aromatic N) is 1. The predicted octanol–water partition coefficient (Wildman–Crippen LogP) is 0.347. The fourth-order valence-electron chi connectivity index (χ4n) is 1.34. The molecule has 0 aromatic heterocycles. The highest BCUT2D eigenvalue weighted by Crippen LogP contribution is 2.15. The van der Waals surface area contributed by atoms with Crippen LogP contribution in [0.25, 0.3) is 0 Å². The van der Waals surface area contributed by atoms with Crippen LogP contribution in [-0.4, -0.2) is 13.6 Å². The summed E-state index contributed by atoms with van der Waals surface area (Å²) in [5, 5.41) is 0. The zero-order valence-electron chi connectivity index (χ0n) is 8.83. The van der Waals surface area contributed by atoms with E-state index in [1.807, 2.05) is 0 Å². The highest BCUT2D eigenvalue weighted by molar-refractivity contribution is 5.72. The van der Waals surface area contributed by atoms with Gasteiger partial charge in [-0.3, -0.25) is 9.59 Å². The summed E-state index contributed by atoms with van der Waals surface area (Å²) >= 11 is 0. The van der Waals surface area contributed by atoms with Gasteiger partial charge in [0.05, 0.1) is 0 Å². The first-order valence-corrected chi connectivity index (χ1v) is 4.75. The Bertz CT molecular complexity index is 389. The zero-order chi connectivity index (χ0) is 10.9. The van der Waals surface area contributed by atoms with Crippen LogP contribution in [-0.2, 0) is 0 Å². The van der Waals surface area contributed by atoms with Gasteiger partial charge in [0.1, 0.15) is 11.4 Å². The third kappa shape index (κ3) is 1.78. The predicted molar refractivity (Wildman–Crippen MR) is 58.5 cm³/mol. The maximum atomic E-state index is 11.1. The Morgan fingerprint density at radius 1 is 1.29 bits per heavy atom. The lowest BCUT2D eigenvalue weighted by Crippen LogP contribution is -2.41. The summed E-state index contributed by atoms with van der Waals surface area (Å²) in [5.74, 6) is 0.574. The van der Waals surface area contributed by atoms with Crippen molar-refractivity contribution in [2.24, 2.45) is 5.92 Å².